The van der Waals surface area contributed by atoms with Crippen LogP contribution in [0.4, 0.5) is 0 Å². The number of methoxy groups -OCH3 is 2. The molecule has 0 aliphatic carbocycles. The van der Waals surface area contributed by atoms with Crippen molar-refractivity contribution in [1.29, 1.82) is 0 Å². The van der Waals surface area contributed by atoms with Gasteiger partial charge in [0.25, 0.3) is 0 Å². The average molecular weight is 412 g/mol. The highest BCUT2D eigenvalue weighted by Crippen LogP contribution is 2.34. The highest BCUT2D eigenvalue weighted by atomic mass is 32.2. The molecule has 0 fully saturated rings. The molecular formula is C19H17N5O2S2. The van der Waals surface area contributed by atoms with Gasteiger partial charge in [0.1, 0.15) is 17.3 Å². The third-order valence-corrected chi connectivity index (χ3v) is 5.77. The van der Waals surface area contributed by atoms with Crippen molar-refractivity contribution in [3.63, 3.8) is 0 Å². The van der Waals surface area contributed by atoms with E-state index in [0.29, 0.717) is 11.0 Å². The van der Waals surface area contributed by atoms with E-state index in [2.05, 4.69) is 19.6 Å². The van der Waals surface area contributed by atoms with Crippen LogP contribution in [0.2, 0.25) is 0 Å². The van der Waals surface area contributed by atoms with Gasteiger partial charge in [0.05, 0.1) is 19.9 Å². The Labute approximate surface area is 170 Å². The van der Waals surface area contributed by atoms with Crippen LogP contribution >= 0.6 is 23.3 Å². The number of hydrogen-bond donors (Lipinski definition) is 0. The van der Waals surface area contributed by atoms with Gasteiger partial charge in [0, 0.05) is 5.56 Å². The van der Waals surface area contributed by atoms with Crippen LogP contribution in [0.1, 0.15) is 5.82 Å². The highest BCUT2D eigenvalue weighted by Gasteiger charge is 2.18. The van der Waals surface area contributed by atoms with Crippen LogP contribution in [0, 0.1) is 6.92 Å². The molecule has 0 N–H and O–H groups in total. The van der Waals surface area contributed by atoms with Crippen molar-refractivity contribution in [2.45, 2.75) is 16.4 Å². The van der Waals surface area contributed by atoms with Gasteiger partial charge in [-0.2, -0.15) is 4.37 Å². The molecule has 28 heavy (non-hydrogen) atoms. The minimum absolute atomic E-state index is 0.708. The van der Waals surface area contributed by atoms with Gasteiger partial charge in [0.2, 0.25) is 5.16 Å². The largest absolute Gasteiger partial charge is 0.497 e. The van der Waals surface area contributed by atoms with Crippen molar-refractivity contribution in [2.75, 3.05) is 14.2 Å². The Kier molecular flexibility index (Phi) is 5.27. The summed E-state index contributed by atoms with van der Waals surface area (Å²) in [4.78, 5) is 4.43. The first kappa shape index (κ1) is 18.5. The van der Waals surface area contributed by atoms with Gasteiger partial charge in [-0.25, -0.2) is 4.98 Å². The molecule has 4 aromatic rings. The van der Waals surface area contributed by atoms with E-state index in [0.717, 1.165) is 32.9 Å². The molecule has 0 aliphatic rings. The SMILES string of the molecule is COc1ccc(-n2c(Sc3nc(C)ns3)nnc2-c2cccc(OC)c2)cc1. The Hall–Kier alpha value is -2.91. The van der Waals surface area contributed by atoms with E-state index >= 15 is 0 Å². The van der Waals surface area contributed by atoms with E-state index in [-0.39, 0.29) is 0 Å². The molecule has 9 heteroatoms. The lowest BCUT2D eigenvalue weighted by Crippen LogP contribution is -2.00. The lowest BCUT2D eigenvalue weighted by Gasteiger charge is -2.11. The molecule has 7 nitrogen and oxygen atoms in total. The monoisotopic (exact) mass is 411 g/mol. The minimum Gasteiger partial charge on any atom is -0.497 e. The smallest absolute Gasteiger partial charge is 0.203 e. The zero-order chi connectivity index (χ0) is 19.5. The van der Waals surface area contributed by atoms with Crippen LogP contribution in [0.25, 0.3) is 17.1 Å². The molecule has 2 aromatic heterocycles. The summed E-state index contributed by atoms with van der Waals surface area (Å²) in [5, 5.41) is 9.57. The number of aromatic nitrogens is 5. The van der Waals surface area contributed by atoms with Gasteiger partial charge in [-0.05, 0) is 66.6 Å². The molecule has 0 radical (unpaired) electrons. The molecule has 2 aromatic carbocycles. The number of aryl methyl sites for hydroxylation is 1. The molecule has 0 unspecified atom stereocenters. The maximum atomic E-state index is 5.36. The van der Waals surface area contributed by atoms with Gasteiger partial charge in [-0.3, -0.25) is 4.57 Å². The summed E-state index contributed by atoms with van der Waals surface area (Å²) in [6.07, 6.45) is 0. The Bertz CT molecular complexity index is 1090. The lowest BCUT2D eigenvalue weighted by molar-refractivity contribution is 0.414. The van der Waals surface area contributed by atoms with Crippen LogP contribution in [0.5, 0.6) is 11.5 Å². The zero-order valence-electron chi connectivity index (χ0n) is 15.5. The predicted octanol–water partition coefficient (Wildman–Crippen LogP) is 4.26. The first-order valence-corrected chi connectivity index (χ1v) is 9.99. The molecule has 0 saturated carbocycles. The van der Waals surface area contributed by atoms with Gasteiger partial charge in [0.15, 0.2) is 10.2 Å². The standard InChI is InChI=1S/C19H17N5O2S2/c1-12-20-19(28-23-12)27-18-22-21-17(13-5-4-6-16(11-13)26-3)24(18)14-7-9-15(25-2)10-8-14/h4-11H,1-3H3. The van der Waals surface area contributed by atoms with E-state index in [1.807, 2.05) is 60.0 Å². The second-order valence-electron chi connectivity index (χ2n) is 5.78. The third kappa shape index (κ3) is 3.71. The number of ether oxygens (including phenoxy) is 2. The Morgan fingerprint density at radius 3 is 2.43 bits per heavy atom. The number of hydrogen-bond acceptors (Lipinski definition) is 8. The third-order valence-electron chi connectivity index (χ3n) is 3.98. The number of nitrogens with zero attached hydrogens (tertiary/aromatic N) is 5. The van der Waals surface area contributed by atoms with Crippen molar-refractivity contribution in [1.82, 2.24) is 24.1 Å². The zero-order valence-corrected chi connectivity index (χ0v) is 17.1. The van der Waals surface area contributed by atoms with E-state index < -0.39 is 0 Å². The molecule has 0 amide bonds. The Morgan fingerprint density at radius 1 is 0.964 bits per heavy atom. The lowest BCUT2D eigenvalue weighted by atomic mass is 10.2. The van der Waals surface area contributed by atoms with Crippen LogP contribution in [-0.2, 0) is 0 Å². The molecule has 2 heterocycles. The van der Waals surface area contributed by atoms with Gasteiger partial charge in [-0.15, -0.1) is 10.2 Å². The number of benzene rings is 2. The second kappa shape index (κ2) is 7.99. The molecule has 0 aliphatic heterocycles. The fraction of sp³-hybridized carbons (Fsp3) is 0.158. The van der Waals surface area contributed by atoms with Crippen molar-refractivity contribution in [2.24, 2.45) is 0 Å². The molecule has 142 valence electrons. The van der Waals surface area contributed by atoms with Gasteiger partial charge in [-0.1, -0.05) is 12.1 Å². The molecule has 0 saturated heterocycles. The van der Waals surface area contributed by atoms with E-state index in [1.165, 1.54) is 23.3 Å². The Balaban J connectivity index is 1.83. The summed E-state index contributed by atoms with van der Waals surface area (Å²) >= 11 is 2.78. The van der Waals surface area contributed by atoms with Crippen molar-refractivity contribution in [3.8, 4) is 28.6 Å². The quantitative estimate of drug-likeness (QED) is 0.469. The Morgan fingerprint density at radius 2 is 1.75 bits per heavy atom. The predicted molar refractivity (Wildman–Crippen MR) is 109 cm³/mol. The second-order valence-corrected chi connectivity index (χ2v) is 7.75. The molecule has 4 rings (SSSR count). The van der Waals surface area contributed by atoms with Crippen molar-refractivity contribution in [3.05, 3.63) is 54.4 Å². The average Bonchev–Trinajstić information content (AvgIpc) is 3.34. The summed E-state index contributed by atoms with van der Waals surface area (Å²) < 4.78 is 17.7. The first-order chi connectivity index (χ1) is 13.7. The number of rotatable bonds is 6. The van der Waals surface area contributed by atoms with Crippen molar-refractivity contribution < 1.29 is 9.47 Å². The van der Waals surface area contributed by atoms with Crippen LogP contribution < -0.4 is 9.47 Å². The van der Waals surface area contributed by atoms with Crippen LogP contribution in [0.3, 0.4) is 0 Å². The fourth-order valence-corrected chi connectivity index (χ4v) is 4.25. The molecule has 0 bridgehead atoms. The summed E-state index contributed by atoms with van der Waals surface area (Å²) in [7, 11) is 3.29. The van der Waals surface area contributed by atoms with E-state index in [1.54, 1.807) is 14.2 Å². The molecule has 0 atom stereocenters. The maximum Gasteiger partial charge on any atom is 0.203 e. The topological polar surface area (TPSA) is 75.0 Å². The van der Waals surface area contributed by atoms with Crippen molar-refractivity contribution >= 4 is 23.3 Å². The normalized spacial score (nSPS) is 10.8. The minimum atomic E-state index is 0.708. The van der Waals surface area contributed by atoms with Gasteiger partial charge < -0.3 is 9.47 Å². The maximum absolute atomic E-state index is 5.36. The summed E-state index contributed by atoms with van der Waals surface area (Å²) in [6.45, 7) is 1.87. The van der Waals surface area contributed by atoms with Gasteiger partial charge >= 0.3 is 0 Å². The fourth-order valence-electron chi connectivity index (χ4n) is 2.65. The molecular weight excluding hydrogens is 394 g/mol. The summed E-state index contributed by atoms with van der Waals surface area (Å²) in [5.41, 5.74) is 1.83. The van der Waals surface area contributed by atoms with Crippen LogP contribution in [0.15, 0.2) is 58.0 Å². The highest BCUT2D eigenvalue weighted by molar-refractivity contribution is 8.00. The molecule has 0 spiro atoms. The summed E-state index contributed by atoms with van der Waals surface area (Å²) in [6, 6.07) is 15.5. The summed E-state index contributed by atoms with van der Waals surface area (Å²) in [5.74, 6) is 3.01. The first-order valence-electron chi connectivity index (χ1n) is 8.40. The van der Waals surface area contributed by atoms with Crippen LogP contribution in [-0.4, -0.2) is 38.3 Å². The van der Waals surface area contributed by atoms with E-state index in [4.69, 9.17) is 9.47 Å². The van der Waals surface area contributed by atoms with E-state index in [9.17, 15) is 0 Å².